The minimum absolute atomic E-state index is 0.249. The van der Waals surface area contributed by atoms with Crippen LogP contribution in [0.2, 0.25) is 0 Å². The number of nitrogens with one attached hydrogen (secondary N) is 1. The summed E-state index contributed by atoms with van der Waals surface area (Å²) in [4.78, 5) is 24.2. The van der Waals surface area contributed by atoms with Gasteiger partial charge in [-0.1, -0.05) is 0 Å². The van der Waals surface area contributed by atoms with Crippen molar-refractivity contribution in [2.45, 2.75) is 39.2 Å². The van der Waals surface area contributed by atoms with Crippen LogP contribution in [0, 0.1) is 5.92 Å². The smallest absolute Gasteiger partial charge is 0.410 e. The van der Waals surface area contributed by atoms with Crippen LogP contribution in [0.3, 0.4) is 0 Å². The Balaban J connectivity index is 2.43. The maximum atomic E-state index is 11.9. The van der Waals surface area contributed by atoms with E-state index in [-0.39, 0.29) is 12.0 Å². The molecule has 3 amide bonds. The number of carbonyl (C=O) groups excluding carboxylic acids is 2. The Morgan fingerprint density at radius 2 is 2.11 bits per heavy atom. The lowest BCUT2D eigenvalue weighted by Crippen LogP contribution is -2.46. The monoisotopic (exact) mass is 257 g/mol. The molecule has 0 saturated carbocycles. The Labute approximate surface area is 108 Å². The SMILES string of the molecule is CC(C)(C)OC(=O)N1CCCC(CNC(N)=O)C1. The Morgan fingerprint density at radius 1 is 1.44 bits per heavy atom. The van der Waals surface area contributed by atoms with Crippen LogP contribution >= 0.6 is 0 Å². The first-order valence-corrected chi connectivity index (χ1v) is 6.29. The number of piperidine rings is 1. The molecule has 0 aromatic rings. The number of ether oxygens (including phenoxy) is 1. The van der Waals surface area contributed by atoms with Gasteiger partial charge in [-0.25, -0.2) is 9.59 Å². The Kier molecular flexibility index (Phi) is 4.81. The summed E-state index contributed by atoms with van der Waals surface area (Å²) >= 11 is 0. The third-order valence-electron chi connectivity index (χ3n) is 2.74. The first-order chi connectivity index (χ1) is 8.28. The number of nitrogens with two attached hydrogens (primary N) is 1. The van der Waals surface area contributed by atoms with Gasteiger partial charge in [0.1, 0.15) is 5.60 Å². The van der Waals surface area contributed by atoms with E-state index in [1.807, 2.05) is 20.8 Å². The van der Waals surface area contributed by atoms with Gasteiger partial charge in [-0.2, -0.15) is 0 Å². The zero-order valence-corrected chi connectivity index (χ0v) is 11.4. The predicted octanol–water partition coefficient (Wildman–Crippen LogP) is 1.30. The second-order valence-corrected chi connectivity index (χ2v) is 5.68. The highest BCUT2D eigenvalue weighted by Crippen LogP contribution is 2.18. The van der Waals surface area contributed by atoms with Crippen molar-refractivity contribution < 1.29 is 14.3 Å². The third kappa shape index (κ3) is 5.25. The lowest BCUT2D eigenvalue weighted by atomic mass is 9.98. The van der Waals surface area contributed by atoms with Crippen molar-refractivity contribution in [2.75, 3.05) is 19.6 Å². The van der Waals surface area contributed by atoms with E-state index in [0.717, 1.165) is 12.8 Å². The molecular weight excluding hydrogens is 234 g/mol. The van der Waals surface area contributed by atoms with Gasteiger partial charge in [-0.05, 0) is 39.5 Å². The van der Waals surface area contributed by atoms with E-state index >= 15 is 0 Å². The van der Waals surface area contributed by atoms with Crippen molar-refractivity contribution in [3.63, 3.8) is 0 Å². The molecule has 0 aliphatic carbocycles. The van der Waals surface area contributed by atoms with Gasteiger partial charge in [-0.3, -0.25) is 0 Å². The van der Waals surface area contributed by atoms with Crippen LogP contribution in [-0.2, 0) is 4.74 Å². The Bertz CT molecular complexity index is 312. The largest absolute Gasteiger partial charge is 0.444 e. The molecule has 104 valence electrons. The number of primary amides is 1. The number of nitrogens with zero attached hydrogens (tertiary/aromatic N) is 1. The average Bonchev–Trinajstić information content (AvgIpc) is 2.24. The number of hydrogen-bond donors (Lipinski definition) is 2. The molecule has 0 spiro atoms. The van der Waals surface area contributed by atoms with Crippen molar-refractivity contribution in [1.82, 2.24) is 10.2 Å². The van der Waals surface area contributed by atoms with Crippen LogP contribution in [0.5, 0.6) is 0 Å². The highest BCUT2D eigenvalue weighted by atomic mass is 16.6. The van der Waals surface area contributed by atoms with Crippen molar-refractivity contribution >= 4 is 12.1 Å². The molecule has 6 heteroatoms. The summed E-state index contributed by atoms with van der Waals surface area (Å²) in [6, 6.07) is -0.524. The summed E-state index contributed by atoms with van der Waals surface area (Å²) in [5.41, 5.74) is 4.56. The number of rotatable bonds is 2. The quantitative estimate of drug-likeness (QED) is 0.782. The van der Waals surface area contributed by atoms with Gasteiger partial charge in [0.2, 0.25) is 0 Å². The molecule has 0 bridgehead atoms. The molecule has 3 N–H and O–H groups in total. The van der Waals surface area contributed by atoms with E-state index in [1.165, 1.54) is 0 Å². The average molecular weight is 257 g/mol. The molecule has 1 aliphatic rings. The highest BCUT2D eigenvalue weighted by Gasteiger charge is 2.27. The molecule has 0 radical (unpaired) electrons. The van der Waals surface area contributed by atoms with Gasteiger partial charge < -0.3 is 20.7 Å². The van der Waals surface area contributed by atoms with E-state index < -0.39 is 11.6 Å². The van der Waals surface area contributed by atoms with E-state index in [1.54, 1.807) is 4.90 Å². The van der Waals surface area contributed by atoms with E-state index in [9.17, 15) is 9.59 Å². The molecule has 1 heterocycles. The molecule has 1 fully saturated rings. The molecule has 1 atom stereocenters. The van der Waals surface area contributed by atoms with Gasteiger partial charge in [0.25, 0.3) is 0 Å². The number of urea groups is 1. The highest BCUT2D eigenvalue weighted by molar-refractivity contribution is 5.71. The van der Waals surface area contributed by atoms with E-state index in [2.05, 4.69) is 5.32 Å². The fourth-order valence-corrected chi connectivity index (χ4v) is 1.97. The molecule has 1 saturated heterocycles. The second-order valence-electron chi connectivity index (χ2n) is 5.68. The lowest BCUT2D eigenvalue weighted by Gasteiger charge is -2.34. The first kappa shape index (κ1) is 14.6. The lowest BCUT2D eigenvalue weighted by molar-refractivity contribution is 0.0168. The predicted molar refractivity (Wildman–Crippen MR) is 68.1 cm³/mol. The molecule has 1 rings (SSSR count). The normalized spacial score (nSPS) is 20.4. The van der Waals surface area contributed by atoms with Gasteiger partial charge in [0, 0.05) is 19.6 Å². The molecular formula is C12H23N3O3. The standard InChI is InChI=1S/C12H23N3O3/c1-12(2,3)18-11(17)15-6-4-5-9(8-15)7-14-10(13)16/h9H,4-8H2,1-3H3,(H3,13,14,16). The van der Waals surface area contributed by atoms with Gasteiger partial charge in [0.05, 0.1) is 0 Å². The zero-order chi connectivity index (χ0) is 13.8. The van der Waals surface area contributed by atoms with Crippen LogP contribution < -0.4 is 11.1 Å². The Hall–Kier alpha value is -1.46. The number of carbonyl (C=O) groups is 2. The minimum atomic E-state index is -0.524. The van der Waals surface area contributed by atoms with Crippen LogP contribution in [-0.4, -0.2) is 42.3 Å². The van der Waals surface area contributed by atoms with Gasteiger partial charge in [-0.15, -0.1) is 0 Å². The molecule has 18 heavy (non-hydrogen) atoms. The van der Waals surface area contributed by atoms with Crippen molar-refractivity contribution in [1.29, 1.82) is 0 Å². The fourth-order valence-electron chi connectivity index (χ4n) is 1.97. The van der Waals surface area contributed by atoms with E-state index in [4.69, 9.17) is 10.5 Å². The maximum Gasteiger partial charge on any atom is 0.410 e. The van der Waals surface area contributed by atoms with Crippen molar-refractivity contribution in [3.8, 4) is 0 Å². The molecule has 1 unspecified atom stereocenters. The van der Waals surface area contributed by atoms with Gasteiger partial charge in [0.15, 0.2) is 0 Å². The summed E-state index contributed by atoms with van der Waals surface area (Å²) < 4.78 is 5.33. The number of amides is 3. The maximum absolute atomic E-state index is 11.9. The van der Waals surface area contributed by atoms with Crippen molar-refractivity contribution in [3.05, 3.63) is 0 Å². The van der Waals surface area contributed by atoms with Crippen LogP contribution in [0.25, 0.3) is 0 Å². The Morgan fingerprint density at radius 3 is 2.67 bits per heavy atom. The molecule has 0 aromatic carbocycles. The molecule has 1 aliphatic heterocycles. The van der Waals surface area contributed by atoms with Crippen LogP contribution in [0.1, 0.15) is 33.6 Å². The number of likely N-dealkylation sites (tertiary alicyclic amines) is 1. The minimum Gasteiger partial charge on any atom is -0.444 e. The fraction of sp³-hybridized carbons (Fsp3) is 0.833. The second kappa shape index (κ2) is 5.93. The van der Waals surface area contributed by atoms with Crippen LogP contribution in [0.15, 0.2) is 0 Å². The first-order valence-electron chi connectivity index (χ1n) is 6.29. The third-order valence-corrected chi connectivity index (χ3v) is 2.74. The van der Waals surface area contributed by atoms with Crippen LogP contribution in [0.4, 0.5) is 9.59 Å². The zero-order valence-electron chi connectivity index (χ0n) is 11.4. The summed E-state index contributed by atoms with van der Waals surface area (Å²) in [5.74, 6) is 0.249. The van der Waals surface area contributed by atoms with E-state index in [0.29, 0.717) is 19.6 Å². The summed E-state index contributed by atoms with van der Waals surface area (Å²) in [7, 11) is 0. The van der Waals surface area contributed by atoms with Gasteiger partial charge >= 0.3 is 12.1 Å². The topological polar surface area (TPSA) is 84.7 Å². The summed E-state index contributed by atoms with van der Waals surface area (Å²) in [6.45, 7) is 7.37. The number of hydrogen-bond acceptors (Lipinski definition) is 3. The molecule has 6 nitrogen and oxygen atoms in total. The molecule has 0 aromatic heterocycles. The summed E-state index contributed by atoms with van der Waals surface area (Å²) in [5, 5.41) is 2.58. The summed E-state index contributed by atoms with van der Waals surface area (Å²) in [6.07, 6.45) is 1.62. The van der Waals surface area contributed by atoms with Crippen molar-refractivity contribution in [2.24, 2.45) is 11.7 Å².